The first-order chi connectivity index (χ1) is 10.8. The van der Waals surface area contributed by atoms with Gasteiger partial charge in [-0.25, -0.2) is 8.42 Å². The van der Waals surface area contributed by atoms with Gasteiger partial charge in [-0.15, -0.1) is 0 Å². The minimum Gasteiger partial charge on any atom is -0.468 e. The van der Waals surface area contributed by atoms with E-state index in [2.05, 4.69) is 4.74 Å². The molecule has 0 atom stereocenters. The average molecular weight is 355 g/mol. The molecule has 0 fully saturated rings. The Bertz CT molecular complexity index is 789. The van der Waals surface area contributed by atoms with E-state index >= 15 is 0 Å². The molecular formula is C15H15ClN2O4S. The molecule has 6 nitrogen and oxygen atoms in total. The lowest BCUT2D eigenvalue weighted by molar-refractivity contribution is -0.138. The average Bonchev–Trinajstić information content (AvgIpc) is 2.53. The SMILES string of the molecule is COC(=O)CN(c1ccc(Cl)cc1)S(=O)(=O)c1ccc(N)cc1. The van der Waals surface area contributed by atoms with Crippen molar-refractivity contribution in [1.29, 1.82) is 0 Å². The van der Waals surface area contributed by atoms with Crippen LogP contribution in [0.25, 0.3) is 0 Å². The van der Waals surface area contributed by atoms with Gasteiger partial charge >= 0.3 is 5.97 Å². The summed E-state index contributed by atoms with van der Waals surface area (Å²) in [7, 11) is -2.76. The van der Waals surface area contributed by atoms with E-state index in [9.17, 15) is 13.2 Å². The zero-order valence-corrected chi connectivity index (χ0v) is 13.8. The van der Waals surface area contributed by atoms with Crippen molar-refractivity contribution in [3.63, 3.8) is 0 Å². The summed E-state index contributed by atoms with van der Waals surface area (Å²) in [5.74, 6) is -0.682. The second-order valence-corrected chi connectivity index (χ2v) is 6.93. The van der Waals surface area contributed by atoms with Gasteiger partial charge in [0.15, 0.2) is 0 Å². The highest BCUT2D eigenvalue weighted by atomic mass is 35.5. The molecule has 2 rings (SSSR count). The van der Waals surface area contributed by atoms with Crippen molar-refractivity contribution in [2.75, 3.05) is 23.7 Å². The summed E-state index contributed by atoms with van der Waals surface area (Å²) in [5, 5.41) is 0.455. The maximum absolute atomic E-state index is 12.8. The molecule has 0 aliphatic heterocycles. The zero-order valence-electron chi connectivity index (χ0n) is 12.3. The topological polar surface area (TPSA) is 89.7 Å². The zero-order chi connectivity index (χ0) is 17.0. The molecule has 0 radical (unpaired) electrons. The number of ether oxygens (including phenoxy) is 1. The van der Waals surface area contributed by atoms with Gasteiger partial charge in [0.2, 0.25) is 0 Å². The molecule has 23 heavy (non-hydrogen) atoms. The van der Waals surface area contributed by atoms with Gasteiger partial charge < -0.3 is 10.5 Å². The third-order valence-corrected chi connectivity index (χ3v) is 5.12. The van der Waals surface area contributed by atoms with Crippen molar-refractivity contribution in [3.8, 4) is 0 Å². The van der Waals surface area contributed by atoms with Crippen molar-refractivity contribution in [2.24, 2.45) is 0 Å². The summed E-state index contributed by atoms with van der Waals surface area (Å²) in [4.78, 5) is 11.6. The Morgan fingerprint density at radius 3 is 2.22 bits per heavy atom. The number of carbonyl (C=O) groups excluding carboxylic acids is 1. The van der Waals surface area contributed by atoms with Crippen molar-refractivity contribution in [3.05, 3.63) is 53.6 Å². The third kappa shape index (κ3) is 3.94. The van der Waals surface area contributed by atoms with Crippen LogP contribution >= 0.6 is 11.6 Å². The second kappa shape index (κ2) is 6.89. The van der Waals surface area contributed by atoms with Crippen LogP contribution in [0.3, 0.4) is 0 Å². The molecule has 0 aliphatic carbocycles. The number of esters is 1. The number of nitrogens with two attached hydrogens (primary N) is 1. The van der Waals surface area contributed by atoms with E-state index in [0.717, 1.165) is 4.31 Å². The highest BCUT2D eigenvalue weighted by Crippen LogP contribution is 2.25. The van der Waals surface area contributed by atoms with Gasteiger partial charge in [-0.2, -0.15) is 0 Å². The molecule has 0 aromatic heterocycles. The van der Waals surface area contributed by atoms with Gasteiger partial charge in [0.05, 0.1) is 17.7 Å². The lowest BCUT2D eigenvalue weighted by Gasteiger charge is -2.23. The molecule has 0 amide bonds. The maximum Gasteiger partial charge on any atom is 0.326 e. The van der Waals surface area contributed by atoms with Gasteiger partial charge in [-0.1, -0.05) is 11.6 Å². The van der Waals surface area contributed by atoms with Crippen molar-refractivity contribution < 1.29 is 17.9 Å². The van der Waals surface area contributed by atoms with E-state index in [0.29, 0.717) is 16.4 Å². The van der Waals surface area contributed by atoms with Gasteiger partial charge in [-0.3, -0.25) is 9.10 Å². The lowest BCUT2D eigenvalue weighted by Crippen LogP contribution is -2.36. The van der Waals surface area contributed by atoms with Crippen LogP contribution in [0.15, 0.2) is 53.4 Å². The Balaban J connectivity index is 2.49. The van der Waals surface area contributed by atoms with Crippen LogP contribution in [0, 0.1) is 0 Å². The number of benzene rings is 2. The number of rotatable bonds is 5. The molecule has 0 saturated heterocycles. The lowest BCUT2D eigenvalue weighted by atomic mass is 10.3. The number of hydrogen-bond donors (Lipinski definition) is 1. The number of hydrogen-bond acceptors (Lipinski definition) is 5. The summed E-state index contributed by atoms with van der Waals surface area (Å²) in [5.41, 5.74) is 6.32. The standard InChI is InChI=1S/C15H15ClN2O4S/c1-22-15(19)10-18(13-6-2-11(16)3-7-13)23(20,21)14-8-4-12(17)5-9-14/h2-9H,10,17H2,1H3. The van der Waals surface area contributed by atoms with Crippen LogP contribution < -0.4 is 10.0 Å². The van der Waals surface area contributed by atoms with E-state index in [1.807, 2.05) is 0 Å². The molecule has 122 valence electrons. The number of nitrogen functional groups attached to an aromatic ring is 1. The first kappa shape index (κ1) is 17.1. The first-order valence-electron chi connectivity index (χ1n) is 6.55. The Labute approximate surface area is 139 Å². The highest BCUT2D eigenvalue weighted by molar-refractivity contribution is 7.92. The third-order valence-electron chi connectivity index (χ3n) is 3.08. The predicted molar refractivity (Wildman–Crippen MR) is 88.9 cm³/mol. The Hall–Kier alpha value is -2.25. The molecular weight excluding hydrogens is 340 g/mol. The minimum absolute atomic E-state index is 0.0190. The summed E-state index contributed by atoms with van der Waals surface area (Å²) < 4.78 is 31.2. The summed E-state index contributed by atoms with van der Waals surface area (Å²) in [6, 6.07) is 11.8. The molecule has 0 aliphatic rings. The van der Waals surface area contributed by atoms with Crippen molar-refractivity contribution in [2.45, 2.75) is 4.90 Å². The molecule has 2 aromatic rings. The van der Waals surface area contributed by atoms with Crippen LogP contribution in [0.4, 0.5) is 11.4 Å². The molecule has 0 spiro atoms. The summed E-state index contributed by atoms with van der Waals surface area (Å²) in [6.07, 6.45) is 0. The van der Waals surface area contributed by atoms with Gasteiger partial charge in [0, 0.05) is 10.7 Å². The van der Waals surface area contributed by atoms with Crippen molar-refractivity contribution >= 4 is 39.0 Å². The van der Waals surface area contributed by atoms with E-state index in [4.69, 9.17) is 17.3 Å². The fourth-order valence-corrected chi connectivity index (χ4v) is 3.41. The second-order valence-electron chi connectivity index (χ2n) is 4.63. The van der Waals surface area contributed by atoms with E-state index < -0.39 is 22.5 Å². The number of methoxy groups -OCH3 is 1. The molecule has 0 unspecified atom stereocenters. The van der Waals surface area contributed by atoms with E-state index in [-0.39, 0.29) is 4.90 Å². The van der Waals surface area contributed by atoms with E-state index in [1.165, 1.54) is 43.5 Å². The normalized spacial score (nSPS) is 11.0. The summed E-state index contributed by atoms with van der Waals surface area (Å²) in [6.45, 7) is -0.454. The molecule has 0 heterocycles. The van der Waals surface area contributed by atoms with Crippen LogP contribution in [-0.4, -0.2) is 28.0 Å². The Kier molecular flexibility index (Phi) is 5.12. The van der Waals surface area contributed by atoms with E-state index in [1.54, 1.807) is 12.1 Å². The highest BCUT2D eigenvalue weighted by Gasteiger charge is 2.27. The smallest absolute Gasteiger partial charge is 0.326 e. The number of sulfonamides is 1. The van der Waals surface area contributed by atoms with Crippen molar-refractivity contribution in [1.82, 2.24) is 0 Å². The fourth-order valence-electron chi connectivity index (χ4n) is 1.87. The number of anilines is 2. The first-order valence-corrected chi connectivity index (χ1v) is 8.37. The van der Waals surface area contributed by atoms with Gasteiger partial charge in [0.1, 0.15) is 6.54 Å². The fraction of sp³-hybridized carbons (Fsp3) is 0.133. The number of carbonyl (C=O) groups is 1. The quantitative estimate of drug-likeness (QED) is 0.657. The monoisotopic (exact) mass is 354 g/mol. The van der Waals surface area contributed by atoms with Crippen LogP contribution in [0.1, 0.15) is 0 Å². The predicted octanol–water partition coefficient (Wildman–Crippen LogP) is 2.29. The molecule has 2 aromatic carbocycles. The number of nitrogens with zero attached hydrogens (tertiary/aromatic N) is 1. The molecule has 0 bridgehead atoms. The Morgan fingerprint density at radius 1 is 1.13 bits per heavy atom. The van der Waals surface area contributed by atoms with Crippen LogP contribution in [0.5, 0.6) is 0 Å². The Morgan fingerprint density at radius 2 is 1.70 bits per heavy atom. The number of halogens is 1. The minimum atomic E-state index is -3.96. The molecule has 8 heteroatoms. The van der Waals surface area contributed by atoms with Gasteiger partial charge in [0.25, 0.3) is 10.0 Å². The summed E-state index contributed by atoms with van der Waals surface area (Å²) >= 11 is 5.82. The molecule has 2 N–H and O–H groups in total. The molecule has 0 saturated carbocycles. The van der Waals surface area contributed by atoms with Crippen LogP contribution in [0.2, 0.25) is 5.02 Å². The largest absolute Gasteiger partial charge is 0.468 e. The maximum atomic E-state index is 12.8. The van der Waals surface area contributed by atoms with Gasteiger partial charge in [-0.05, 0) is 48.5 Å². The van der Waals surface area contributed by atoms with Crippen LogP contribution in [-0.2, 0) is 19.6 Å².